The van der Waals surface area contributed by atoms with Gasteiger partial charge in [0.2, 0.25) is 5.95 Å². The maximum Gasteiger partial charge on any atom is 0.230 e. The molecule has 0 bridgehead atoms. The Kier molecular flexibility index (Phi) is 9.58. The van der Waals surface area contributed by atoms with Crippen molar-refractivity contribution in [1.82, 2.24) is 9.97 Å². The molecule has 0 unspecified atom stereocenters. The summed E-state index contributed by atoms with van der Waals surface area (Å²) in [5.74, 6) is 0.847. The van der Waals surface area contributed by atoms with Gasteiger partial charge in [-0.3, -0.25) is 0 Å². The first-order chi connectivity index (χ1) is 11.2. The summed E-state index contributed by atoms with van der Waals surface area (Å²) in [6.45, 7) is 13.2. The molecule has 0 amide bonds. The van der Waals surface area contributed by atoms with Crippen LogP contribution in [0.1, 0.15) is 84.8 Å². The summed E-state index contributed by atoms with van der Waals surface area (Å²) in [7, 11) is 0. The Morgan fingerprint density at radius 1 is 1.09 bits per heavy atom. The van der Waals surface area contributed by atoms with E-state index >= 15 is 0 Å². The van der Waals surface area contributed by atoms with Crippen LogP contribution in [0.5, 0.6) is 0 Å². The highest BCUT2D eigenvalue weighted by Gasteiger charge is 2.22. The summed E-state index contributed by atoms with van der Waals surface area (Å²) >= 11 is 0. The molecule has 0 N–H and O–H groups in total. The zero-order valence-corrected chi connectivity index (χ0v) is 15.6. The van der Waals surface area contributed by atoms with E-state index < -0.39 is 0 Å². The predicted octanol–water partition coefficient (Wildman–Crippen LogP) is 5.91. The lowest BCUT2D eigenvalue weighted by Crippen LogP contribution is -2.36. The second-order valence-electron chi connectivity index (χ2n) is 6.33. The van der Waals surface area contributed by atoms with Crippen molar-refractivity contribution in [1.29, 1.82) is 0 Å². The minimum absolute atomic E-state index is 0.472. The lowest BCUT2D eigenvalue weighted by molar-refractivity contribution is 0.491. The van der Waals surface area contributed by atoms with E-state index in [-0.39, 0.29) is 0 Å². The molecule has 0 aliphatic carbocycles. The largest absolute Gasteiger partial charge is 0.312 e. The number of hydrogen-bond donors (Lipinski definition) is 0. The molecule has 1 heterocycles. The second-order valence-corrected chi connectivity index (χ2v) is 6.33. The Morgan fingerprint density at radius 2 is 1.74 bits per heavy atom. The van der Waals surface area contributed by atoms with Crippen molar-refractivity contribution in [3.63, 3.8) is 0 Å². The second kappa shape index (κ2) is 11.2. The van der Waals surface area contributed by atoms with E-state index in [1.165, 1.54) is 38.5 Å². The molecule has 3 heteroatoms. The van der Waals surface area contributed by atoms with E-state index in [1.54, 1.807) is 0 Å². The minimum Gasteiger partial charge on any atom is -0.312 e. The predicted molar refractivity (Wildman–Crippen MR) is 101 cm³/mol. The highest BCUT2D eigenvalue weighted by molar-refractivity contribution is 5.41. The third kappa shape index (κ3) is 6.32. The van der Waals surface area contributed by atoms with Gasteiger partial charge in [0.25, 0.3) is 0 Å². The normalized spacial score (nSPS) is 11.0. The van der Waals surface area contributed by atoms with Crippen molar-refractivity contribution in [2.75, 3.05) is 4.90 Å². The first kappa shape index (κ1) is 19.7. The molecular weight excluding hydrogens is 282 g/mol. The van der Waals surface area contributed by atoms with E-state index in [1.807, 2.05) is 12.3 Å². The molecule has 0 aromatic carbocycles. The van der Waals surface area contributed by atoms with Crippen molar-refractivity contribution < 1.29 is 0 Å². The number of allylic oxidation sites excluding steroid dienone is 1. The highest BCUT2D eigenvalue weighted by Crippen LogP contribution is 2.25. The Labute approximate surface area is 143 Å². The van der Waals surface area contributed by atoms with Crippen molar-refractivity contribution in [2.24, 2.45) is 0 Å². The SMILES string of the molecule is C=C(CC)N(c1nccc(CCC)n1)C(CCCC)CCCC. The van der Waals surface area contributed by atoms with E-state index in [4.69, 9.17) is 4.98 Å². The number of nitrogens with zero attached hydrogens (tertiary/aromatic N) is 3. The lowest BCUT2D eigenvalue weighted by atomic mass is 10.0. The Morgan fingerprint density at radius 3 is 2.26 bits per heavy atom. The van der Waals surface area contributed by atoms with Crippen LogP contribution in [0, 0.1) is 0 Å². The van der Waals surface area contributed by atoms with Gasteiger partial charge in [0.15, 0.2) is 0 Å². The monoisotopic (exact) mass is 317 g/mol. The van der Waals surface area contributed by atoms with Gasteiger partial charge in [-0.15, -0.1) is 0 Å². The Balaban J connectivity index is 3.08. The Hall–Kier alpha value is -1.38. The Bertz CT molecular complexity index is 448. The lowest BCUT2D eigenvalue weighted by Gasteiger charge is -2.33. The highest BCUT2D eigenvalue weighted by atomic mass is 15.3. The van der Waals surface area contributed by atoms with Crippen LogP contribution in [-0.2, 0) is 6.42 Å². The first-order valence-electron chi connectivity index (χ1n) is 9.46. The van der Waals surface area contributed by atoms with Crippen LogP contribution in [0.3, 0.4) is 0 Å². The molecular formula is C20H35N3. The number of rotatable bonds is 12. The zero-order valence-electron chi connectivity index (χ0n) is 15.6. The fourth-order valence-corrected chi connectivity index (χ4v) is 2.91. The number of anilines is 1. The summed E-state index contributed by atoms with van der Waals surface area (Å²) in [6.07, 6.45) is 12.3. The van der Waals surface area contributed by atoms with Crippen LogP contribution in [0.2, 0.25) is 0 Å². The smallest absolute Gasteiger partial charge is 0.230 e. The number of unbranched alkanes of at least 4 members (excludes halogenated alkanes) is 2. The third-order valence-electron chi connectivity index (χ3n) is 4.32. The number of aryl methyl sites for hydroxylation is 1. The standard InChI is InChI=1S/C20H35N3/c1-6-10-13-19(14-11-7-2)23(17(5)9-4)20-21-16-15-18(22-20)12-8-3/h15-16,19H,5-14H2,1-4H3. The first-order valence-corrected chi connectivity index (χ1v) is 9.46. The summed E-state index contributed by atoms with van der Waals surface area (Å²) in [6, 6.07) is 2.51. The molecule has 0 spiro atoms. The fourth-order valence-electron chi connectivity index (χ4n) is 2.91. The summed E-state index contributed by atoms with van der Waals surface area (Å²) in [5, 5.41) is 0. The summed E-state index contributed by atoms with van der Waals surface area (Å²) in [5.41, 5.74) is 2.27. The molecule has 23 heavy (non-hydrogen) atoms. The molecule has 0 fully saturated rings. The van der Waals surface area contributed by atoms with Gasteiger partial charge in [-0.1, -0.05) is 66.4 Å². The van der Waals surface area contributed by atoms with Gasteiger partial charge in [-0.2, -0.15) is 0 Å². The van der Waals surface area contributed by atoms with Gasteiger partial charge in [0.05, 0.1) is 0 Å². The maximum atomic E-state index is 4.82. The van der Waals surface area contributed by atoms with Crippen LogP contribution in [-0.4, -0.2) is 16.0 Å². The molecule has 0 aliphatic heterocycles. The molecule has 0 saturated heterocycles. The van der Waals surface area contributed by atoms with Crippen molar-refractivity contribution in [3.8, 4) is 0 Å². The molecule has 0 saturated carbocycles. The van der Waals surface area contributed by atoms with Crippen LogP contribution in [0.15, 0.2) is 24.5 Å². The van der Waals surface area contributed by atoms with E-state index in [0.29, 0.717) is 6.04 Å². The van der Waals surface area contributed by atoms with Gasteiger partial charge in [0.1, 0.15) is 0 Å². The van der Waals surface area contributed by atoms with Gasteiger partial charge in [-0.25, -0.2) is 9.97 Å². The van der Waals surface area contributed by atoms with Crippen molar-refractivity contribution >= 4 is 5.95 Å². The number of hydrogen-bond acceptors (Lipinski definition) is 3. The molecule has 3 nitrogen and oxygen atoms in total. The van der Waals surface area contributed by atoms with Crippen LogP contribution in [0.4, 0.5) is 5.95 Å². The fraction of sp³-hybridized carbons (Fsp3) is 0.700. The average molecular weight is 318 g/mol. The molecule has 1 rings (SSSR count). The maximum absolute atomic E-state index is 4.82. The number of aromatic nitrogens is 2. The van der Waals surface area contributed by atoms with E-state index in [9.17, 15) is 0 Å². The molecule has 0 aliphatic rings. The summed E-state index contributed by atoms with van der Waals surface area (Å²) < 4.78 is 0. The quantitative estimate of drug-likeness (QED) is 0.480. The van der Waals surface area contributed by atoms with Crippen LogP contribution in [0.25, 0.3) is 0 Å². The summed E-state index contributed by atoms with van der Waals surface area (Å²) in [4.78, 5) is 11.7. The van der Waals surface area contributed by atoms with Crippen molar-refractivity contribution in [3.05, 3.63) is 30.2 Å². The zero-order chi connectivity index (χ0) is 17.1. The van der Waals surface area contributed by atoms with Gasteiger partial charge < -0.3 is 4.90 Å². The molecule has 1 aromatic rings. The molecule has 0 radical (unpaired) electrons. The van der Waals surface area contributed by atoms with Gasteiger partial charge in [0, 0.05) is 23.6 Å². The van der Waals surface area contributed by atoms with Crippen LogP contribution >= 0.6 is 0 Å². The minimum atomic E-state index is 0.472. The van der Waals surface area contributed by atoms with Crippen LogP contribution < -0.4 is 4.90 Å². The van der Waals surface area contributed by atoms with E-state index in [2.05, 4.69) is 44.2 Å². The average Bonchev–Trinajstić information content (AvgIpc) is 2.57. The molecule has 130 valence electrons. The van der Waals surface area contributed by atoms with Gasteiger partial charge >= 0.3 is 0 Å². The van der Waals surface area contributed by atoms with Gasteiger partial charge in [-0.05, 0) is 31.7 Å². The van der Waals surface area contributed by atoms with Crippen molar-refractivity contribution in [2.45, 2.75) is 91.5 Å². The molecule has 1 aromatic heterocycles. The molecule has 0 atom stereocenters. The third-order valence-corrected chi connectivity index (χ3v) is 4.32. The van der Waals surface area contributed by atoms with E-state index in [0.717, 1.165) is 36.6 Å². The topological polar surface area (TPSA) is 29.0 Å².